The first kappa shape index (κ1) is 19.5. The number of nitrogens with one attached hydrogen (secondary N) is 2. The van der Waals surface area contributed by atoms with E-state index in [-0.39, 0.29) is 11.8 Å². The summed E-state index contributed by atoms with van der Waals surface area (Å²) in [7, 11) is 0. The number of anilines is 1. The third kappa shape index (κ3) is 6.58. The van der Waals surface area contributed by atoms with Crippen LogP contribution in [-0.4, -0.2) is 33.9 Å². The molecule has 0 bridgehead atoms. The number of benzene rings is 1. The molecule has 2 rings (SSSR count). The summed E-state index contributed by atoms with van der Waals surface area (Å²) in [6, 6.07) is 8.62. The fourth-order valence-corrected chi connectivity index (χ4v) is 2.32. The molecule has 0 fully saturated rings. The highest BCUT2D eigenvalue weighted by Gasteiger charge is 2.16. The fraction of sp³-hybridized carbons (Fsp3) is 0.421. The van der Waals surface area contributed by atoms with Gasteiger partial charge in [0.1, 0.15) is 5.60 Å². The Bertz CT molecular complexity index is 735. The smallest absolute Gasteiger partial charge is 0.412 e. The Morgan fingerprint density at radius 1 is 1.27 bits per heavy atom. The van der Waals surface area contributed by atoms with Crippen LogP contribution in [0.4, 0.5) is 10.5 Å². The van der Waals surface area contributed by atoms with Gasteiger partial charge in [-0.3, -0.25) is 14.8 Å². The Morgan fingerprint density at radius 3 is 2.69 bits per heavy atom. The van der Waals surface area contributed by atoms with Crippen molar-refractivity contribution in [2.45, 2.75) is 39.8 Å². The molecular weight excluding hydrogens is 332 g/mol. The monoisotopic (exact) mass is 358 g/mol. The van der Waals surface area contributed by atoms with Crippen LogP contribution in [0.2, 0.25) is 0 Å². The summed E-state index contributed by atoms with van der Waals surface area (Å²) in [5.41, 5.74) is 0.408. The van der Waals surface area contributed by atoms with Crippen LogP contribution in [-0.2, 0) is 11.3 Å². The molecule has 1 heterocycles. The normalized spacial score (nSPS) is 12.3. The Balaban J connectivity index is 1.87. The summed E-state index contributed by atoms with van der Waals surface area (Å²) in [6.07, 6.45) is 3.07. The van der Waals surface area contributed by atoms with E-state index in [4.69, 9.17) is 4.74 Å². The molecule has 2 aromatic rings. The summed E-state index contributed by atoms with van der Waals surface area (Å²) in [5.74, 6) is 0.0482. The number of rotatable bonds is 6. The lowest BCUT2D eigenvalue weighted by Crippen LogP contribution is -2.30. The van der Waals surface area contributed by atoms with Gasteiger partial charge in [0.15, 0.2) is 0 Å². The van der Waals surface area contributed by atoms with Gasteiger partial charge in [-0.15, -0.1) is 0 Å². The van der Waals surface area contributed by atoms with Gasteiger partial charge in [0.05, 0.1) is 0 Å². The number of carbonyl (C=O) groups excluding carboxylic acids is 2. The van der Waals surface area contributed by atoms with Gasteiger partial charge >= 0.3 is 6.09 Å². The maximum Gasteiger partial charge on any atom is 0.412 e. The van der Waals surface area contributed by atoms with Crippen LogP contribution in [0.3, 0.4) is 0 Å². The van der Waals surface area contributed by atoms with Gasteiger partial charge in [-0.05, 0) is 51.0 Å². The molecule has 2 amide bonds. The zero-order chi connectivity index (χ0) is 19.2. The number of amides is 2. The minimum atomic E-state index is -0.580. The molecule has 1 atom stereocenters. The zero-order valence-electron chi connectivity index (χ0n) is 15.7. The van der Waals surface area contributed by atoms with Crippen LogP contribution < -0.4 is 10.6 Å². The van der Waals surface area contributed by atoms with Crippen molar-refractivity contribution in [1.29, 1.82) is 0 Å². The number of hydrogen-bond acceptors (Lipinski definition) is 4. The maximum atomic E-state index is 12.3. The highest BCUT2D eigenvalue weighted by Crippen LogP contribution is 2.14. The van der Waals surface area contributed by atoms with Gasteiger partial charge in [-0.2, -0.15) is 5.10 Å². The minimum Gasteiger partial charge on any atom is -0.444 e. The second-order valence-corrected chi connectivity index (χ2v) is 7.25. The van der Waals surface area contributed by atoms with E-state index in [9.17, 15) is 9.59 Å². The average molecular weight is 358 g/mol. The van der Waals surface area contributed by atoms with E-state index in [0.717, 1.165) is 6.54 Å². The Hall–Kier alpha value is -2.83. The predicted octanol–water partition coefficient (Wildman–Crippen LogP) is 3.30. The lowest BCUT2D eigenvalue weighted by Gasteiger charge is -2.19. The number of hydrogen-bond donors (Lipinski definition) is 2. The van der Waals surface area contributed by atoms with Crippen LogP contribution in [0.5, 0.6) is 0 Å². The van der Waals surface area contributed by atoms with Crippen LogP contribution in [0.1, 0.15) is 38.1 Å². The molecule has 0 radical (unpaired) electrons. The molecule has 7 nitrogen and oxygen atoms in total. The third-order valence-corrected chi connectivity index (χ3v) is 3.44. The first-order chi connectivity index (χ1) is 12.2. The molecule has 26 heavy (non-hydrogen) atoms. The van der Waals surface area contributed by atoms with Crippen molar-refractivity contribution in [2.75, 3.05) is 11.9 Å². The molecule has 1 unspecified atom stereocenters. The van der Waals surface area contributed by atoms with Crippen molar-refractivity contribution >= 4 is 17.7 Å². The molecule has 2 N–H and O–H groups in total. The summed E-state index contributed by atoms with van der Waals surface area (Å²) in [4.78, 5) is 24.2. The third-order valence-electron chi connectivity index (χ3n) is 3.44. The lowest BCUT2D eigenvalue weighted by atomic mass is 10.1. The van der Waals surface area contributed by atoms with Crippen molar-refractivity contribution in [3.05, 3.63) is 48.3 Å². The SMILES string of the molecule is CC(CNC(=O)c1cccc(NC(=O)OC(C)(C)C)c1)Cn1cccn1. The minimum absolute atomic E-state index is 0.190. The summed E-state index contributed by atoms with van der Waals surface area (Å²) in [6.45, 7) is 8.68. The van der Waals surface area contributed by atoms with Gasteiger partial charge in [0.2, 0.25) is 0 Å². The molecule has 0 aliphatic heterocycles. The van der Waals surface area contributed by atoms with Gasteiger partial charge in [0.25, 0.3) is 5.91 Å². The molecule has 0 saturated carbocycles. The van der Waals surface area contributed by atoms with Crippen LogP contribution >= 0.6 is 0 Å². The van der Waals surface area contributed by atoms with Gasteiger partial charge < -0.3 is 10.1 Å². The maximum absolute atomic E-state index is 12.3. The fourth-order valence-electron chi connectivity index (χ4n) is 2.32. The topological polar surface area (TPSA) is 85.3 Å². The van der Waals surface area contributed by atoms with Crippen LogP contribution in [0, 0.1) is 5.92 Å². The predicted molar refractivity (Wildman–Crippen MR) is 100 cm³/mol. The summed E-state index contributed by atoms with van der Waals surface area (Å²) in [5, 5.41) is 9.70. The van der Waals surface area contributed by atoms with Crippen molar-refractivity contribution in [3.63, 3.8) is 0 Å². The van der Waals surface area contributed by atoms with Crippen molar-refractivity contribution in [2.24, 2.45) is 5.92 Å². The number of aromatic nitrogens is 2. The quantitative estimate of drug-likeness (QED) is 0.830. The molecule has 0 spiro atoms. The molecule has 0 saturated heterocycles. The largest absolute Gasteiger partial charge is 0.444 e. The molecule has 140 valence electrons. The van der Waals surface area contributed by atoms with Crippen molar-refractivity contribution in [1.82, 2.24) is 15.1 Å². The van der Waals surface area contributed by atoms with Gasteiger partial charge in [-0.1, -0.05) is 13.0 Å². The van der Waals surface area contributed by atoms with Crippen LogP contribution in [0.15, 0.2) is 42.7 Å². The molecular formula is C19H26N4O3. The van der Waals surface area contributed by atoms with Gasteiger partial charge in [0, 0.05) is 36.7 Å². The van der Waals surface area contributed by atoms with E-state index >= 15 is 0 Å². The molecule has 7 heteroatoms. The van der Waals surface area contributed by atoms with E-state index < -0.39 is 11.7 Å². The number of ether oxygens (including phenoxy) is 1. The summed E-state index contributed by atoms with van der Waals surface area (Å²) >= 11 is 0. The number of carbonyl (C=O) groups is 2. The second kappa shape index (κ2) is 8.51. The molecule has 0 aliphatic carbocycles. The van der Waals surface area contributed by atoms with Crippen LogP contribution in [0.25, 0.3) is 0 Å². The van der Waals surface area contributed by atoms with E-state index in [2.05, 4.69) is 15.7 Å². The standard InChI is InChI=1S/C19H26N4O3/c1-14(13-23-10-6-9-21-23)12-20-17(24)15-7-5-8-16(11-15)22-18(25)26-19(2,3)4/h5-11,14H,12-13H2,1-4H3,(H,20,24)(H,22,25). The lowest BCUT2D eigenvalue weighted by molar-refractivity contribution is 0.0635. The van der Waals surface area contributed by atoms with E-state index in [1.54, 1.807) is 51.2 Å². The highest BCUT2D eigenvalue weighted by molar-refractivity contribution is 5.96. The number of nitrogens with zero attached hydrogens (tertiary/aromatic N) is 2. The first-order valence-electron chi connectivity index (χ1n) is 8.58. The summed E-state index contributed by atoms with van der Waals surface area (Å²) < 4.78 is 7.05. The highest BCUT2D eigenvalue weighted by atomic mass is 16.6. The van der Waals surface area contributed by atoms with E-state index in [1.165, 1.54) is 0 Å². The molecule has 1 aromatic heterocycles. The first-order valence-corrected chi connectivity index (χ1v) is 8.58. The molecule has 1 aromatic carbocycles. The average Bonchev–Trinajstić information content (AvgIpc) is 3.03. The Labute approximate surface area is 153 Å². The Morgan fingerprint density at radius 2 is 2.04 bits per heavy atom. The van der Waals surface area contributed by atoms with E-state index in [0.29, 0.717) is 17.8 Å². The van der Waals surface area contributed by atoms with Crippen molar-refractivity contribution < 1.29 is 14.3 Å². The zero-order valence-corrected chi connectivity index (χ0v) is 15.7. The van der Waals surface area contributed by atoms with Crippen molar-refractivity contribution in [3.8, 4) is 0 Å². The Kier molecular flexibility index (Phi) is 6.38. The van der Waals surface area contributed by atoms with Gasteiger partial charge in [-0.25, -0.2) is 4.79 Å². The second-order valence-electron chi connectivity index (χ2n) is 7.25. The van der Waals surface area contributed by atoms with E-state index in [1.807, 2.05) is 23.9 Å². The molecule has 0 aliphatic rings.